The monoisotopic (exact) mass is 481 g/mol. The number of imide groups is 1. The van der Waals surface area contributed by atoms with Crippen LogP contribution in [0.15, 0.2) is 65.2 Å². The van der Waals surface area contributed by atoms with Crippen molar-refractivity contribution in [3.8, 4) is 0 Å². The summed E-state index contributed by atoms with van der Waals surface area (Å²) in [5.41, 5.74) is 1.11. The van der Waals surface area contributed by atoms with Gasteiger partial charge in [-0.2, -0.15) is 0 Å². The third-order valence-electron chi connectivity index (χ3n) is 5.73. The number of nitrogens with zero attached hydrogens (tertiary/aromatic N) is 1. The fourth-order valence-electron chi connectivity index (χ4n) is 4.08. The van der Waals surface area contributed by atoms with E-state index in [1.54, 1.807) is 36.4 Å². The number of hydrogen-bond donors (Lipinski definition) is 0. The highest BCUT2D eigenvalue weighted by molar-refractivity contribution is 9.10. The van der Waals surface area contributed by atoms with Gasteiger partial charge in [0.1, 0.15) is 0 Å². The largest absolute Gasteiger partial charge is 0.454 e. The Kier molecular flexibility index (Phi) is 5.87. The highest BCUT2D eigenvalue weighted by atomic mass is 79.9. The van der Waals surface area contributed by atoms with Crippen LogP contribution in [0.1, 0.15) is 34.1 Å². The molecule has 4 rings (SSSR count). The van der Waals surface area contributed by atoms with Crippen LogP contribution in [-0.2, 0) is 14.3 Å². The molecule has 1 aliphatic carbocycles. The summed E-state index contributed by atoms with van der Waals surface area (Å²) in [5.74, 6) is -2.03. The van der Waals surface area contributed by atoms with Crippen molar-refractivity contribution >= 4 is 45.2 Å². The molecule has 158 valence electrons. The first-order valence-corrected chi connectivity index (χ1v) is 10.8. The predicted molar refractivity (Wildman–Crippen MR) is 118 cm³/mol. The van der Waals surface area contributed by atoms with Crippen molar-refractivity contribution in [2.45, 2.75) is 13.3 Å². The van der Waals surface area contributed by atoms with Gasteiger partial charge in [-0.25, -0.2) is 4.79 Å². The number of benzene rings is 2. The van der Waals surface area contributed by atoms with Crippen molar-refractivity contribution in [1.82, 2.24) is 0 Å². The Hall–Kier alpha value is -3.06. The van der Waals surface area contributed by atoms with Crippen LogP contribution in [0.2, 0.25) is 0 Å². The fourth-order valence-corrected chi connectivity index (χ4v) is 4.35. The minimum atomic E-state index is -0.650. The number of carbonyl (C=O) groups excluding carboxylic acids is 4. The summed E-state index contributed by atoms with van der Waals surface area (Å²) in [6.45, 7) is 1.57. The third-order valence-corrected chi connectivity index (χ3v) is 6.26. The van der Waals surface area contributed by atoms with Crippen molar-refractivity contribution in [2.24, 2.45) is 17.8 Å². The Bertz CT molecular complexity index is 1070. The molecule has 1 aliphatic heterocycles. The number of anilines is 1. The normalized spacial score (nSPS) is 22.4. The number of carbonyl (C=O) groups is 4. The van der Waals surface area contributed by atoms with E-state index in [0.717, 1.165) is 4.47 Å². The van der Waals surface area contributed by atoms with Crippen LogP contribution in [0.3, 0.4) is 0 Å². The summed E-state index contributed by atoms with van der Waals surface area (Å²) in [6, 6.07) is 12.9. The standard InChI is InChI=1S/C24H20BrNO5/c1-14-3-2-4-19-21(14)23(29)26(22(19)28)18-11-7-16(8-12-18)24(30)31-13-20(27)15-5-9-17(25)10-6-15/h2-3,5-12,14,19,21H,4,13H2,1H3/t14-,19-,21+/m1/s1. The summed E-state index contributed by atoms with van der Waals surface area (Å²) in [7, 11) is 0. The zero-order valence-electron chi connectivity index (χ0n) is 16.8. The summed E-state index contributed by atoms with van der Waals surface area (Å²) < 4.78 is 5.97. The molecule has 1 saturated heterocycles. The van der Waals surface area contributed by atoms with Crippen molar-refractivity contribution in [1.29, 1.82) is 0 Å². The number of ether oxygens (including phenoxy) is 1. The molecule has 2 amide bonds. The zero-order chi connectivity index (χ0) is 22.1. The zero-order valence-corrected chi connectivity index (χ0v) is 18.4. The number of amides is 2. The van der Waals surface area contributed by atoms with Crippen molar-refractivity contribution in [2.75, 3.05) is 11.5 Å². The molecule has 6 nitrogen and oxygen atoms in total. The molecule has 0 saturated carbocycles. The van der Waals surface area contributed by atoms with E-state index in [1.807, 2.05) is 19.1 Å². The van der Waals surface area contributed by atoms with Gasteiger partial charge >= 0.3 is 5.97 Å². The van der Waals surface area contributed by atoms with E-state index in [-0.39, 0.29) is 47.5 Å². The van der Waals surface area contributed by atoms with Gasteiger partial charge in [-0.1, -0.05) is 47.1 Å². The molecule has 0 radical (unpaired) electrons. The first-order valence-electron chi connectivity index (χ1n) is 9.97. The van der Waals surface area contributed by atoms with Crippen LogP contribution in [0.25, 0.3) is 0 Å². The average Bonchev–Trinajstić information content (AvgIpc) is 3.03. The molecular weight excluding hydrogens is 462 g/mol. The molecule has 0 N–H and O–H groups in total. The predicted octanol–water partition coefficient (Wildman–Crippen LogP) is 4.19. The van der Waals surface area contributed by atoms with Crippen molar-refractivity contribution in [3.63, 3.8) is 0 Å². The molecule has 2 aromatic carbocycles. The third kappa shape index (κ3) is 4.10. The number of rotatable bonds is 5. The molecule has 1 heterocycles. The Morgan fingerprint density at radius 3 is 2.29 bits per heavy atom. The molecule has 31 heavy (non-hydrogen) atoms. The second-order valence-electron chi connectivity index (χ2n) is 7.72. The van der Waals surface area contributed by atoms with Crippen LogP contribution < -0.4 is 4.90 Å². The van der Waals surface area contributed by atoms with Gasteiger partial charge in [0.05, 0.1) is 23.1 Å². The molecule has 3 atom stereocenters. The van der Waals surface area contributed by atoms with Crippen LogP contribution in [-0.4, -0.2) is 30.2 Å². The van der Waals surface area contributed by atoms with E-state index < -0.39 is 5.97 Å². The molecule has 0 bridgehead atoms. The van der Waals surface area contributed by atoms with Crippen LogP contribution in [0.5, 0.6) is 0 Å². The van der Waals surface area contributed by atoms with Gasteiger partial charge in [-0.05, 0) is 48.7 Å². The molecule has 0 aromatic heterocycles. The van der Waals surface area contributed by atoms with Gasteiger partial charge in [0.25, 0.3) is 0 Å². The lowest BCUT2D eigenvalue weighted by Gasteiger charge is -2.22. The maximum absolute atomic E-state index is 12.9. The average molecular weight is 482 g/mol. The summed E-state index contributed by atoms with van der Waals surface area (Å²) >= 11 is 3.30. The highest BCUT2D eigenvalue weighted by Crippen LogP contribution is 2.40. The van der Waals surface area contributed by atoms with Gasteiger partial charge in [0.15, 0.2) is 12.4 Å². The molecule has 2 aromatic rings. The van der Waals surface area contributed by atoms with E-state index in [2.05, 4.69) is 15.9 Å². The number of Topliss-reactive ketones (excluding diaryl/α,β-unsaturated/α-hetero) is 1. The van der Waals surface area contributed by atoms with E-state index in [0.29, 0.717) is 17.7 Å². The Labute approximate surface area is 188 Å². The lowest BCUT2D eigenvalue weighted by Crippen LogP contribution is -2.31. The second-order valence-corrected chi connectivity index (χ2v) is 8.64. The van der Waals surface area contributed by atoms with Gasteiger partial charge in [-0.3, -0.25) is 19.3 Å². The lowest BCUT2D eigenvalue weighted by molar-refractivity contribution is -0.122. The first-order chi connectivity index (χ1) is 14.9. The topological polar surface area (TPSA) is 80.8 Å². The first kappa shape index (κ1) is 21.2. The minimum absolute atomic E-state index is 0.0118. The van der Waals surface area contributed by atoms with Crippen molar-refractivity contribution in [3.05, 3.63) is 76.3 Å². The Morgan fingerprint density at radius 2 is 1.65 bits per heavy atom. The fraction of sp³-hybridized carbons (Fsp3) is 0.250. The molecule has 7 heteroatoms. The van der Waals surface area contributed by atoms with Crippen LogP contribution in [0.4, 0.5) is 5.69 Å². The van der Waals surface area contributed by atoms with Gasteiger partial charge in [-0.15, -0.1) is 0 Å². The summed E-state index contributed by atoms with van der Waals surface area (Å²) in [4.78, 5) is 51.3. The molecule has 2 aliphatic rings. The summed E-state index contributed by atoms with van der Waals surface area (Å²) in [5, 5.41) is 0. The second kappa shape index (κ2) is 8.59. The number of ketones is 1. The van der Waals surface area contributed by atoms with Gasteiger partial charge < -0.3 is 4.74 Å². The lowest BCUT2D eigenvalue weighted by atomic mass is 9.78. The van der Waals surface area contributed by atoms with E-state index in [9.17, 15) is 19.2 Å². The van der Waals surface area contributed by atoms with Crippen LogP contribution in [0, 0.1) is 17.8 Å². The quantitative estimate of drug-likeness (QED) is 0.276. The molecular formula is C24H20BrNO5. The van der Waals surface area contributed by atoms with E-state index >= 15 is 0 Å². The van der Waals surface area contributed by atoms with E-state index in [4.69, 9.17) is 4.74 Å². The number of hydrogen-bond acceptors (Lipinski definition) is 5. The SMILES string of the molecule is C[C@@H]1C=CC[C@H]2C(=O)N(c3ccc(C(=O)OCC(=O)c4ccc(Br)cc4)cc3)C(=O)[C@@H]12. The van der Waals surface area contributed by atoms with Gasteiger partial charge in [0.2, 0.25) is 11.8 Å². The molecule has 1 fully saturated rings. The number of allylic oxidation sites excluding steroid dienone is 2. The van der Waals surface area contributed by atoms with Crippen molar-refractivity contribution < 1.29 is 23.9 Å². The van der Waals surface area contributed by atoms with E-state index in [1.165, 1.54) is 17.0 Å². The van der Waals surface area contributed by atoms with Gasteiger partial charge in [0, 0.05) is 10.0 Å². The maximum atomic E-state index is 12.9. The number of halogens is 1. The number of esters is 1. The minimum Gasteiger partial charge on any atom is -0.454 e. The van der Waals surface area contributed by atoms with Crippen LogP contribution >= 0.6 is 15.9 Å². The Balaban J connectivity index is 1.41. The number of fused-ring (bicyclic) bond motifs is 1. The summed E-state index contributed by atoms with van der Waals surface area (Å²) in [6.07, 6.45) is 4.49. The molecule has 0 spiro atoms. The maximum Gasteiger partial charge on any atom is 0.338 e. The Morgan fingerprint density at radius 1 is 1.00 bits per heavy atom. The smallest absolute Gasteiger partial charge is 0.338 e. The molecule has 0 unspecified atom stereocenters. The highest BCUT2D eigenvalue weighted by Gasteiger charge is 2.50.